The minimum atomic E-state index is -1.42. The van der Waals surface area contributed by atoms with Gasteiger partial charge in [0.2, 0.25) is 0 Å². The third-order valence-electron chi connectivity index (χ3n) is 6.45. The van der Waals surface area contributed by atoms with Gasteiger partial charge in [-0.15, -0.1) is 0 Å². The number of benzene rings is 1. The van der Waals surface area contributed by atoms with Gasteiger partial charge in [0, 0.05) is 30.1 Å². The van der Waals surface area contributed by atoms with Crippen molar-refractivity contribution in [1.29, 1.82) is 0 Å². The molecule has 196 valence electrons. The molecule has 0 unspecified atom stereocenters. The zero-order chi connectivity index (χ0) is 26.9. The van der Waals surface area contributed by atoms with Crippen molar-refractivity contribution >= 4 is 44.8 Å². The van der Waals surface area contributed by atoms with Gasteiger partial charge in [0.1, 0.15) is 17.0 Å². The van der Waals surface area contributed by atoms with Crippen LogP contribution in [0, 0.1) is 5.82 Å². The molecule has 0 amide bonds. The normalized spacial score (nSPS) is 15.3. The number of aromatic nitrogens is 5. The molecular formula is C29H32FN7S. The number of imidazole rings is 1. The topological polar surface area (TPSA) is 94.3 Å². The quantitative estimate of drug-likeness (QED) is 0.275. The molecule has 1 aromatic carbocycles. The van der Waals surface area contributed by atoms with E-state index in [1.54, 1.807) is 6.20 Å². The van der Waals surface area contributed by atoms with Gasteiger partial charge in [0.15, 0.2) is 5.82 Å². The van der Waals surface area contributed by atoms with Crippen LogP contribution in [0.1, 0.15) is 18.9 Å². The molecule has 5 rings (SSSR count). The molecule has 4 aromatic rings. The van der Waals surface area contributed by atoms with Crippen LogP contribution in [-0.4, -0.2) is 56.2 Å². The Balaban J connectivity index is 1.50. The monoisotopic (exact) mass is 529 g/mol. The molecule has 0 radical (unpaired) electrons. The Bertz CT molecular complexity index is 1790. The van der Waals surface area contributed by atoms with Crippen LogP contribution in [0.3, 0.4) is 0 Å². The molecule has 3 aromatic heterocycles. The van der Waals surface area contributed by atoms with Crippen molar-refractivity contribution in [2.24, 2.45) is 0 Å². The van der Waals surface area contributed by atoms with Gasteiger partial charge in [-0.1, -0.05) is 30.5 Å². The molecule has 4 heterocycles. The maximum atomic E-state index is 14.6. The van der Waals surface area contributed by atoms with Crippen LogP contribution in [0.2, 0.25) is 0 Å². The van der Waals surface area contributed by atoms with Gasteiger partial charge in [0.05, 0.1) is 16.6 Å². The van der Waals surface area contributed by atoms with Crippen molar-refractivity contribution in [3.8, 4) is 22.8 Å². The number of allylic oxidation sites excluding steroid dienone is 2. The summed E-state index contributed by atoms with van der Waals surface area (Å²) in [6.45, 7) is 8.72. The summed E-state index contributed by atoms with van der Waals surface area (Å²) in [6, 6.07) is 6.74. The number of halogens is 1. The highest BCUT2D eigenvalue weighted by Gasteiger charge is 2.15. The molecule has 0 spiro atoms. The number of pyridine rings is 1. The predicted molar refractivity (Wildman–Crippen MR) is 160 cm³/mol. The lowest BCUT2D eigenvalue weighted by Crippen LogP contribution is -2.22. The fourth-order valence-corrected chi connectivity index (χ4v) is 4.93. The average molecular weight is 530 g/mol. The van der Waals surface area contributed by atoms with Gasteiger partial charge in [-0.2, -0.15) is 14.5 Å². The maximum absolute atomic E-state index is 14.6. The van der Waals surface area contributed by atoms with E-state index < -0.39 is 9.39 Å². The van der Waals surface area contributed by atoms with Crippen molar-refractivity contribution in [3.63, 3.8) is 0 Å². The molecule has 0 aliphatic carbocycles. The maximum Gasteiger partial charge on any atom is 0.159 e. The Morgan fingerprint density at radius 3 is 2.84 bits per heavy atom. The molecule has 0 fully saturated rings. The second kappa shape index (κ2) is 10.5. The average Bonchev–Trinajstić information content (AvgIpc) is 3.48. The number of hydrogen-bond acceptors (Lipinski definition) is 5. The number of H-pyrrole nitrogens is 2. The summed E-state index contributed by atoms with van der Waals surface area (Å²) in [5.74, 6) is 8.29. The molecule has 1 aliphatic rings. The first-order valence-corrected chi connectivity index (χ1v) is 14.7. The lowest BCUT2D eigenvalue weighted by atomic mass is 10.0. The zero-order valence-corrected chi connectivity index (χ0v) is 22.5. The largest absolute Gasteiger partial charge is 0.336 e. The van der Waals surface area contributed by atoms with Crippen LogP contribution in [0.15, 0.2) is 53.8 Å². The van der Waals surface area contributed by atoms with E-state index in [-0.39, 0.29) is 5.82 Å². The highest BCUT2D eigenvalue weighted by atomic mass is 32.2. The van der Waals surface area contributed by atoms with E-state index in [4.69, 9.17) is 4.98 Å². The van der Waals surface area contributed by atoms with Crippen LogP contribution in [0.25, 0.3) is 46.5 Å². The number of hydrogen-bond donors (Lipinski definition) is 4. The predicted octanol–water partition coefficient (Wildman–Crippen LogP) is 3.51. The summed E-state index contributed by atoms with van der Waals surface area (Å²) < 4.78 is 17.8. The molecule has 4 N–H and O–H groups in total. The van der Waals surface area contributed by atoms with Crippen molar-refractivity contribution in [1.82, 2.24) is 35.2 Å². The molecule has 1 aliphatic heterocycles. The van der Waals surface area contributed by atoms with Crippen LogP contribution >= 0.6 is 9.39 Å². The summed E-state index contributed by atoms with van der Waals surface area (Å²) in [5, 5.41) is 12.5. The van der Waals surface area contributed by atoms with Gasteiger partial charge in [-0.05, 0) is 73.2 Å². The van der Waals surface area contributed by atoms with Crippen molar-refractivity contribution in [2.75, 3.05) is 19.3 Å². The number of aromatic amines is 2. The lowest BCUT2D eigenvalue weighted by Gasteiger charge is -2.13. The highest BCUT2D eigenvalue weighted by Crippen LogP contribution is 2.28. The van der Waals surface area contributed by atoms with Gasteiger partial charge in [-0.3, -0.25) is 14.8 Å². The van der Waals surface area contributed by atoms with Crippen LogP contribution in [0.4, 0.5) is 4.39 Å². The molecule has 9 heteroatoms. The van der Waals surface area contributed by atoms with E-state index >= 15 is 0 Å². The summed E-state index contributed by atoms with van der Waals surface area (Å²) in [7, 11) is -1.42. The number of nitrogens with one attached hydrogen (secondary N) is 4. The molecule has 0 atom stereocenters. The first-order valence-electron chi connectivity index (χ1n) is 12.3. The van der Waals surface area contributed by atoms with E-state index in [0.29, 0.717) is 34.8 Å². The van der Waals surface area contributed by atoms with Crippen molar-refractivity contribution < 1.29 is 4.39 Å². The highest BCUT2D eigenvalue weighted by molar-refractivity contribution is 8.25. The Labute approximate surface area is 221 Å². The summed E-state index contributed by atoms with van der Waals surface area (Å²) >= 11 is 0. The minimum Gasteiger partial charge on any atom is -0.336 e. The SMILES string of the molecule is C=c1c(-c2nc3c(-c4cc(F)cc(CNS(=C)(=C)C)c4)nccc3[nH]2)n[nH]/c1=C/C=C(\C)C1=CCNCC1. The Kier molecular flexibility index (Phi) is 7.16. The van der Waals surface area contributed by atoms with Crippen LogP contribution in [0.5, 0.6) is 0 Å². The summed E-state index contributed by atoms with van der Waals surface area (Å²) in [6.07, 6.45) is 11.0. The Morgan fingerprint density at radius 2 is 2.08 bits per heavy atom. The number of nitrogens with zero attached hydrogens (tertiary/aromatic N) is 3. The van der Waals surface area contributed by atoms with Gasteiger partial charge in [-0.25, -0.2) is 9.37 Å². The second-order valence-corrected chi connectivity index (χ2v) is 12.6. The van der Waals surface area contributed by atoms with Crippen LogP contribution < -0.4 is 20.6 Å². The van der Waals surface area contributed by atoms with Crippen LogP contribution in [-0.2, 0) is 6.54 Å². The van der Waals surface area contributed by atoms with E-state index in [1.807, 2.05) is 24.5 Å². The third-order valence-corrected chi connectivity index (χ3v) is 7.29. The lowest BCUT2D eigenvalue weighted by molar-refractivity contribution is 0.625. The van der Waals surface area contributed by atoms with E-state index in [0.717, 1.165) is 41.2 Å². The first kappa shape index (κ1) is 25.8. The van der Waals surface area contributed by atoms with Gasteiger partial charge >= 0.3 is 0 Å². The standard InChI is InChI=1S/C29H32FN7S/c1-18(21-8-11-31-12-9-21)6-7-24-19(2)26(37-36-24)29-34-25-10-13-32-27(28(25)35-29)22-14-20(15-23(30)16-22)17-33-38(3,4)5/h6-8,10,13-16,31,33,36H,2-4,9,11-12,17H2,1,5H3,(H,34,35)/b18-6+,24-7+. The number of fused-ring (bicyclic) bond motifs is 1. The van der Waals surface area contributed by atoms with E-state index in [9.17, 15) is 4.39 Å². The number of rotatable bonds is 7. The van der Waals surface area contributed by atoms with Gasteiger partial charge < -0.3 is 10.3 Å². The fraction of sp³-hybridized carbons (Fsp3) is 0.207. The molecule has 0 saturated carbocycles. The summed E-state index contributed by atoms with van der Waals surface area (Å²) in [5.41, 5.74) is 6.65. The molecule has 38 heavy (non-hydrogen) atoms. The fourth-order valence-electron chi connectivity index (χ4n) is 4.41. The van der Waals surface area contributed by atoms with Gasteiger partial charge in [0.25, 0.3) is 0 Å². The Hall–Kier alpha value is -3.79. The van der Waals surface area contributed by atoms with Crippen molar-refractivity contribution in [3.05, 3.63) is 75.7 Å². The molecule has 0 bridgehead atoms. The minimum absolute atomic E-state index is 0.338. The molecule has 0 saturated heterocycles. The van der Waals surface area contributed by atoms with Crippen molar-refractivity contribution in [2.45, 2.75) is 19.9 Å². The first-order chi connectivity index (χ1) is 18.2. The second-order valence-electron chi connectivity index (χ2n) is 9.75. The van der Waals surface area contributed by atoms with E-state index in [1.165, 1.54) is 23.3 Å². The third kappa shape index (κ3) is 5.70. The summed E-state index contributed by atoms with van der Waals surface area (Å²) in [4.78, 5) is 12.7. The molecular weight excluding hydrogens is 497 g/mol. The Morgan fingerprint density at radius 1 is 1.24 bits per heavy atom. The zero-order valence-electron chi connectivity index (χ0n) is 21.7. The van der Waals surface area contributed by atoms with E-state index in [2.05, 4.69) is 67.6 Å². The smallest absolute Gasteiger partial charge is 0.159 e. The molecule has 7 nitrogen and oxygen atoms in total.